The standard InChI is InChI=1S/C10H6BrClOS/c11-9-8(5-13)7(4-12)3-6-1-2-14-10(6)9/h1-3,5H,4H2. The van der Waals surface area contributed by atoms with E-state index < -0.39 is 0 Å². The van der Waals surface area contributed by atoms with Crippen molar-refractivity contribution in [3.8, 4) is 0 Å². The summed E-state index contributed by atoms with van der Waals surface area (Å²) in [7, 11) is 0. The first-order chi connectivity index (χ1) is 6.77. The van der Waals surface area contributed by atoms with E-state index in [0.29, 0.717) is 11.4 Å². The van der Waals surface area contributed by atoms with Gasteiger partial charge in [0.05, 0.1) is 0 Å². The second kappa shape index (κ2) is 4.01. The van der Waals surface area contributed by atoms with Gasteiger partial charge in [0.15, 0.2) is 6.29 Å². The number of rotatable bonds is 2. The molecule has 0 spiro atoms. The van der Waals surface area contributed by atoms with Gasteiger partial charge in [0.2, 0.25) is 0 Å². The van der Waals surface area contributed by atoms with Gasteiger partial charge in [-0.2, -0.15) is 0 Å². The van der Waals surface area contributed by atoms with Crippen LogP contribution in [0.5, 0.6) is 0 Å². The van der Waals surface area contributed by atoms with E-state index in [9.17, 15) is 4.79 Å². The zero-order chi connectivity index (χ0) is 10.1. The van der Waals surface area contributed by atoms with E-state index in [2.05, 4.69) is 15.9 Å². The van der Waals surface area contributed by atoms with Crippen LogP contribution in [0.4, 0.5) is 0 Å². The fourth-order valence-corrected chi connectivity index (χ4v) is 3.28. The van der Waals surface area contributed by atoms with Crippen molar-refractivity contribution in [2.45, 2.75) is 5.88 Å². The second-order valence-corrected chi connectivity index (χ2v) is 4.83. The minimum atomic E-state index is 0.360. The Morgan fingerprint density at radius 3 is 3.00 bits per heavy atom. The molecule has 0 aliphatic carbocycles. The number of benzene rings is 1. The molecule has 0 N–H and O–H groups in total. The van der Waals surface area contributed by atoms with E-state index in [4.69, 9.17) is 11.6 Å². The Labute approximate surface area is 98.8 Å². The molecule has 0 fully saturated rings. The zero-order valence-corrected chi connectivity index (χ0v) is 10.2. The van der Waals surface area contributed by atoms with Crippen LogP contribution < -0.4 is 0 Å². The Morgan fingerprint density at radius 1 is 1.57 bits per heavy atom. The summed E-state index contributed by atoms with van der Waals surface area (Å²) >= 11 is 10.8. The predicted molar refractivity (Wildman–Crippen MR) is 64.5 cm³/mol. The summed E-state index contributed by atoms with van der Waals surface area (Å²) in [5.74, 6) is 0.360. The zero-order valence-electron chi connectivity index (χ0n) is 7.09. The molecule has 14 heavy (non-hydrogen) atoms. The fraction of sp³-hybridized carbons (Fsp3) is 0.100. The number of hydrogen-bond donors (Lipinski definition) is 0. The Bertz CT molecular complexity index is 492. The summed E-state index contributed by atoms with van der Waals surface area (Å²) in [5.41, 5.74) is 1.54. The van der Waals surface area contributed by atoms with Gasteiger partial charge in [-0.3, -0.25) is 4.79 Å². The van der Waals surface area contributed by atoms with Gasteiger partial charge in [-0.15, -0.1) is 22.9 Å². The first-order valence-corrected chi connectivity index (χ1v) is 6.18. The maximum Gasteiger partial charge on any atom is 0.151 e. The Balaban J connectivity index is 2.85. The normalized spacial score (nSPS) is 10.7. The molecule has 0 bridgehead atoms. The van der Waals surface area contributed by atoms with E-state index in [1.165, 1.54) is 0 Å². The van der Waals surface area contributed by atoms with E-state index in [1.807, 2.05) is 17.5 Å². The minimum absolute atomic E-state index is 0.360. The Morgan fingerprint density at radius 2 is 2.36 bits per heavy atom. The highest BCUT2D eigenvalue weighted by molar-refractivity contribution is 9.10. The number of fused-ring (bicyclic) bond motifs is 1. The maximum atomic E-state index is 10.9. The van der Waals surface area contributed by atoms with Crippen LogP contribution in [0.15, 0.2) is 22.0 Å². The second-order valence-electron chi connectivity index (χ2n) is 2.85. The summed E-state index contributed by atoms with van der Waals surface area (Å²) in [6.07, 6.45) is 0.848. The quantitative estimate of drug-likeness (QED) is 0.598. The van der Waals surface area contributed by atoms with Crippen LogP contribution in [0, 0.1) is 0 Å². The van der Waals surface area contributed by atoms with Gasteiger partial charge >= 0.3 is 0 Å². The SMILES string of the molecule is O=Cc1c(CCl)cc2ccsc2c1Br. The topological polar surface area (TPSA) is 17.1 Å². The molecule has 0 atom stereocenters. The molecule has 0 amide bonds. The molecule has 4 heteroatoms. The smallest absolute Gasteiger partial charge is 0.151 e. The van der Waals surface area contributed by atoms with Gasteiger partial charge in [0, 0.05) is 20.6 Å². The number of halogens is 2. The molecule has 0 radical (unpaired) electrons. The summed E-state index contributed by atoms with van der Waals surface area (Å²) in [6.45, 7) is 0. The van der Waals surface area contributed by atoms with Crippen molar-refractivity contribution < 1.29 is 4.79 Å². The van der Waals surface area contributed by atoms with Crippen LogP contribution >= 0.6 is 38.9 Å². The number of thiophene rings is 1. The van der Waals surface area contributed by atoms with Gasteiger partial charge in [0.25, 0.3) is 0 Å². The lowest BCUT2D eigenvalue weighted by atomic mass is 10.1. The van der Waals surface area contributed by atoms with Crippen LogP contribution in [0.2, 0.25) is 0 Å². The van der Waals surface area contributed by atoms with Crippen molar-refractivity contribution in [2.75, 3.05) is 0 Å². The van der Waals surface area contributed by atoms with Crippen LogP contribution in [-0.2, 0) is 5.88 Å². The van der Waals surface area contributed by atoms with E-state index in [-0.39, 0.29) is 0 Å². The van der Waals surface area contributed by atoms with Gasteiger partial charge < -0.3 is 0 Å². The molecule has 1 nitrogen and oxygen atoms in total. The third-order valence-electron chi connectivity index (χ3n) is 2.07. The lowest BCUT2D eigenvalue weighted by molar-refractivity contribution is 0.112. The average Bonchev–Trinajstić information content (AvgIpc) is 2.65. The van der Waals surface area contributed by atoms with Crippen molar-refractivity contribution in [1.29, 1.82) is 0 Å². The number of aldehydes is 1. The third kappa shape index (κ3) is 1.49. The van der Waals surface area contributed by atoms with Crippen molar-refractivity contribution in [1.82, 2.24) is 0 Å². The molecule has 0 aliphatic rings. The van der Waals surface area contributed by atoms with Crippen molar-refractivity contribution in [3.63, 3.8) is 0 Å². The van der Waals surface area contributed by atoms with Crippen LogP contribution in [0.25, 0.3) is 10.1 Å². The van der Waals surface area contributed by atoms with Gasteiger partial charge in [-0.05, 0) is 44.4 Å². The first kappa shape index (κ1) is 10.1. The number of carbonyl (C=O) groups is 1. The third-order valence-corrected chi connectivity index (χ3v) is 4.39. The molecule has 72 valence electrons. The van der Waals surface area contributed by atoms with Crippen molar-refractivity contribution in [3.05, 3.63) is 33.1 Å². The summed E-state index contributed by atoms with van der Waals surface area (Å²) in [5, 5.41) is 3.13. The van der Waals surface area contributed by atoms with E-state index in [0.717, 1.165) is 26.4 Å². The highest BCUT2D eigenvalue weighted by atomic mass is 79.9. The molecule has 0 saturated carbocycles. The Hall–Kier alpha value is -0.380. The number of alkyl halides is 1. The predicted octanol–water partition coefficient (Wildman–Crippen LogP) is 4.22. The molecule has 1 heterocycles. The number of hydrogen-bond acceptors (Lipinski definition) is 2. The fourth-order valence-electron chi connectivity index (χ4n) is 1.38. The van der Waals surface area contributed by atoms with Crippen LogP contribution in [-0.4, -0.2) is 6.29 Å². The maximum absolute atomic E-state index is 10.9. The van der Waals surface area contributed by atoms with Gasteiger partial charge in [-0.1, -0.05) is 0 Å². The van der Waals surface area contributed by atoms with E-state index >= 15 is 0 Å². The van der Waals surface area contributed by atoms with Crippen molar-refractivity contribution in [2.24, 2.45) is 0 Å². The van der Waals surface area contributed by atoms with Crippen molar-refractivity contribution >= 4 is 55.2 Å². The molecule has 2 aromatic rings. The van der Waals surface area contributed by atoms with Gasteiger partial charge in [-0.25, -0.2) is 0 Å². The first-order valence-electron chi connectivity index (χ1n) is 3.97. The van der Waals surface area contributed by atoms with Crippen LogP contribution in [0.3, 0.4) is 0 Å². The monoisotopic (exact) mass is 288 g/mol. The molecule has 2 rings (SSSR count). The molecule has 1 aromatic heterocycles. The largest absolute Gasteiger partial charge is 0.298 e. The molecular formula is C10H6BrClOS. The van der Waals surface area contributed by atoms with Crippen LogP contribution in [0.1, 0.15) is 15.9 Å². The highest BCUT2D eigenvalue weighted by Gasteiger charge is 2.10. The summed E-state index contributed by atoms with van der Waals surface area (Å²) in [6, 6.07) is 3.99. The molecule has 0 saturated heterocycles. The molecule has 0 unspecified atom stereocenters. The summed E-state index contributed by atoms with van der Waals surface area (Å²) < 4.78 is 1.96. The van der Waals surface area contributed by atoms with E-state index in [1.54, 1.807) is 11.3 Å². The number of carbonyl (C=O) groups excluding carboxylic acids is 1. The lowest BCUT2D eigenvalue weighted by Gasteiger charge is -2.04. The average molecular weight is 290 g/mol. The molecule has 1 aromatic carbocycles. The highest BCUT2D eigenvalue weighted by Crippen LogP contribution is 2.34. The molecule has 0 aliphatic heterocycles. The Kier molecular flexibility index (Phi) is 2.91. The lowest BCUT2D eigenvalue weighted by Crippen LogP contribution is -1.91. The molecular weight excluding hydrogens is 284 g/mol. The van der Waals surface area contributed by atoms with Gasteiger partial charge in [0.1, 0.15) is 0 Å². The summed E-state index contributed by atoms with van der Waals surface area (Å²) in [4.78, 5) is 10.9. The minimum Gasteiger partial charge on any atom is -0.298 e.